The second-order valence-electron chi connectivity index (χ2n) is 4.70. The number of pyridine rings is 1. The van der Waals surface area contributed by atoms with E-state index in [1.54, 1.807) is 0 Å². The Morgan fingerprint density at radius 2 is 2.00 bits per heavy atom. The van der Waals surface area contributed by atoms with Crippen LogP contribution in [0.15, 0.2) is 18.5 Å². The zero-order valence-electron chi connectivity index (χ0n) is 11.3. The number of likely N-dealkylation sites (N-methyl/N-ethyl adjacent to an activating group) is 1. The van der Waals surface area contributed by atoms with Crippen molar-refractivity contribution < 1.29 is 0 Å². The van der Waals surface area contributed by atoms with Crippen LogP contribution in [0.5, 0.6) is 0 Å². The molecule has 0 amide bonds. The van der Waals surface area contributed by atoms with Crippen molar-refractivity contribution in [3.63, 3.8) is 0 Å². The van der Waals surface area contributed by atoms with E-state index in [0.29, 0.717) is 6.04 Å². The van der Waals surface area contributed by atoms with Gasteiger partial charge in [0.2, 0.25) is 0 Å². The maximum atomic E-state index is 4.23. The lowest BCUT2D eigenvalue weighted by atomic mass is 10.3. The van der Waals surface area contributed by atoms with Crippen molar-refractivity contribution in [3.8, 4) is 0 Å². The highest BCUT2D eigenvalue weighted by Crippen LogP contribution is 2.13. The van der Waals surface area contributed by atoms with Crippen LogP contribution >= 0.6 is 0 Å². The minimum atomic E-state index is 0.410. The molecule has 96 valence electrons. The second kappa shape index (κ2) is 7.12. The minimum absolute atomic E-state index is 0.410. The summed E-state index contributed by atoms with van der Waals surface area (Å²) in [5, 5.41) is 6.78. The van der Waals surface area contributed by atoms with Gasteiger partial charge in [0.15, 0.2) is 0 Å². The van der Waals surface area contributed by atoms with E-state index in [9.17, 15) is 0 Å². The fraction of sp³-hybridized carbons (Fsp3) is 0.615. The number of nitrogens with zero attached hydrogens (tertiary/aromatic N) is 2. The van der Waals surface area contributed by atoms with Crippen LogP contribution in [0, 0.1) is 0 Å². The Morgan fingerprint density at radius 1 is 1.29 bits per heavy atom. The molecule has 0 spiro atoms. The van der Waals surface area contributed by atoms with Crippen LogP contribution in [0.4, 0.5) is 11.4 Å². The lowest BCUT2D eigenvalue weighted by Crippen LogP contribution is -2.29. The molecule has 4 nitrogen and oxygen atoms in total. The van der Waals surface area contributed by atoms with Gasteiger partial charge >= 0.3 is 0 Å². The number of hydrogen-bond donors (Lipinski definition) is 2. The standard InChI is InChI=1S/C13H24N4/c1-5-6-15-12-7-13(9-14-8-12)16-11(2)10-17(3)4/h7-9,11,15-16H,5-6,10H2,1-4H3. The van der Waals surface area contributed by atoms with Gasteiger partial charge in [-0.05, 0) is 33.5 Å². The average molecular weight is 236 g/mol. The number of nitrogens with one attached hydrogen (secondary N) is 2. The van der Waals surface area contributed by atoms with Crippen LogP contribution in [0.1, 0.15) is 20.3 Å². The maximum absolute atomic E-state index is 4.23. The van der Waals surface area contributed by atoms with Crippen LogP contribution in [-0.4, -0.2) is 43.1 Å². The molecule has 0 aliphatic heterocycles. The van der Waals surface area contributed by atoms with Gasteiger partial charge < -0.3 is 15.5 Å². The molecule has 1 heterocycles. The average Bonchev–Trinajstić information content (AvgIpc) is 2.25. The van der Waals surface area contributed by atoms with Gasteiger partial charge in [-0.25, -0.2) is 0 Å². The summed E-state index contributed by atoms with van der Waals surface area (Å²) in [4.78, 5) is 6.40. The lowest BCUT2D eigenvalue weighted by molar-refractivity contribution is 0.392. The Labute approximate surface area is 104 Å². The fourth-order valence-electron chi connectivity index (χ4n) is 1.76. The molecule has 0 fully saturated rings. The molecule has 0 bridgehead atoms. The van der Waals surface area contributed by atoms with E-state index < -0.39 is 0 Å². The van der Waals surface area contributed by atoms with Crippen molar-refractivity contribution in [3.05, 3.63) is 18.5 Å². The molecule has 1 rings (SSSR count). The van der Waals surface area contributed by atoms with E-state index in [2.05, 4.69) is 54.5 Å². The summed E-state index contributed by atoms with van der Waals surface area (Å²) in [6.45, 7) is 6.32. The number of rotatable bonds is 7. The van der Waals surface area contributed by atoms with E-state index in [-0.39, 0.29) is 0 Å². The summed E-state index contributed by atoms with van der Waals surface area (Å²) >= 11 is 0. The van der Waals surface area contributed by atoms with Gasteiger partial charge in [-0.1, -0.05) is 6.92 Å². The van der Waals surface area contributed by atoms with Crippen molar-refractivity contribution in [1.82, 2.24) is 9.88 Å². The predicted octanol–water partition coefficient (Wildman–Crippen LogP) is 2.27. The highest BCUT2D eigenvalue weighted by molar-refractivity contribution is 5.54. The van der Waals surface area contributed by atoms with E-state index in [0.717, 1.165) is 30.9 Å². The molecule has 2 N–H and O–H groups in total. The second-order valence-corrected chi connectivity index (χ2v) is 4.70. The Hall–Kier alpha value is -1.29. The molecule has 4 heteroatoms. The molecule has 0 radical (unpaired) electrons. The molecule has 0 aliphatic carbocycles. The van der Waals surface area contributed by atoms with Gasteiger partial charge in [0.05, 0.1) is 23.8 Å². The fourth-order valence-corrected chi connectivity index (χ4v) is 1.76. The van der Waals surface area contributed by atoms with Gasteiger partial charge in [-0.2, -0.15) is 0 Å². The molecular formula is C13H24N4. The monoisotopic (exact) mass is 236 g/mol. The van der Waals surface area contributed by atoms with E-state index >= 15 is 0 Å². The van der Waals surface area contributed by atoms with E-state index in [1.165, 1.54) is 0 Å². The maximum Gasteiger partial charge on any atom is 0.0549 e. The SMILES string of the molecule is CCCNc1cncc(NC(C)CN(C)C)c1. The molecule has 0 saturated carbocycles. The van der Waals surface area contributed by atoms with Gasteiger partial charge in [-0.3, -0.25) is 4.98 Å². The summed E-state index contributed by atoms with van der Waals surface area (Å²) < 4.78 is 0. The number of hydrogen-bond acceptors (Lipinski definition) is 4. The van der Waals surface area contributed by atoms with Gasteiger partial charge in [0.25, 0.3) is 0 Å². The van der Waals surface area contributed by atoms with Crippen molar-refractivity contribution >= 4 is 11.4 Å². The van der Waals surface area contributed by atoms with Gasteiger partial charge in [-0.15, -0.1) is 0 Å². The number of aromatic nitrogens is 1. The highest BCUT2D eigenvalue weighted by Gasteiger charge is 2.04. The zero-order valence-corrected chi connectivity index (χ0v) is 11.3. The molecule has 1 unspecified atom stereocenters. The third-order valence-corrected chi connectivity index (χ3v) is 2.37. The van der Waals surface area contributed by atoms with E-state index in [1.807, 2.05) is 12.4 Å². The first kappa shape index (κ1) is 13.8. The summed E-state index contributed by atoms with van der Waals surface area (Å²) in [6.07, 6.45) is 4.84. The number of anilines is 2. The minimum Gasteiger partial charge on any atom is -0.384 e. The first-order chi connectivity index (χ1) is 8.11. The molecular weight excluding hydrogens is 212 g/mol. The van der Waals surface area contributed by atoms with Crippen molar-refractivity contribution in [1.29, 1.82) is 0 Å². The molecule has 17 heavy (non-hydrogen) atoms. The molecule has 0 aliphatic rings. The molecule has 1 atom stereocenters. The summed E-state index contributed by atoms with van der Waals surface area (Å²) in [5.41, 5.74) is 2.15. The first-order valence-corrected chi connectivity index (χ1v) is 6.22. The van der Waals surface area contributed by atoms with Crippen molar-refractivity contribution in [2.24, 2.45) is 0 Å². The Kier molecular flexibility index (Phi) is 5.77. The highest BCUT2D eigenvalue weighted by atomic mass is 15.1. The third-order valence-electron chi connectivity index (χ3n) is 2.37. The molecule has 1 aromatic rings. The van der Waals surface area contributed by atoms with Crippen molar-refractivity contribution in [2.75, 3.05) is 37.8 Å². The quantitative estimate of drug-likeness (QED) is 0.762. The van der Waals surface area contributed by atoms with Gasteiger partial charge in [0, 0.05) is 19.1 Å². The van der Waals surface area contributed by atoms with Crippen LogP contribution in [0.3, 0.4) is 0 Å². The summed E-state index contributed by atoms with van der Waals surface area (Å²) in [7, 11) is 4.16. The van der Waals surface area contributed by atoms with Crippen LogP contribution < -0.4 is 10.6 Å². The topological polar surface area (TPSA) is 40.2 Å². The largest absolute Gasteiger partial charge is 0.384 e. The lowest BCUT2D eigenvalue weighted by Gasteiger charge is -2.19. The van der Waals surface area contributed by atoms with Crippen LogP contribution in [0.25, 0.3) is 0 Å². The Balaban J connectivity index is 2.52. The van der Waals surface area contributed by atoms with Crippen LogP contribution in [-0.2, 0) is 0 Å². The summed E-state index contributed by atoms with van der Waals surface area (Å²) in [5.74, 6) is 0. The first-order valence-electron chi connectivity index (χ1n) is 6.22. The summed E-state index contributed by atoms with van der Waals surface area (Å²) in [6, 6.07) is 2.52. The van der Waals surface area contributed by atoms with E-state index in [4.69, 9.17) is 0 Å². The van der Waals surface area contributed by atoms with Crippen LogP contribution in [0.2, 0.25) is 0 Å². The zero-order chi connectivity index (χ0) is 12.7. The third kappa shape index (κ3) is 5.54. The van der Waals surface area contributed by atoms with Gasteiger partial charge in [0.1, 0.15) is 0 Å². The normalized spacial score (nSPS) is 12.5. The molecule has 0 aromatic carbocycles. The Bertz CT molecular complexity index is 325. The Morgan fingerprint density at radius 3 is 2.65 bits per heavy atom. The molecule has 1 aromatic heterocycles. The smallest absolute Gasteiger partial charge is 0.0549 e. The molecule has 0 saturated heterocycles. The van der Waals surface area contributed by atoms with Crippen molar-refractivity contribution in [2.45, 2.75) is 26.3 Å². The predicted molar refractivity (Wildman–Crippen MR) is 74.7 cm³/mol.